The summed E-state index contributed by atoms with van der Waals surface area (Å²) in [5, 5.41) is 2.59. The van der Waals surface area contributed by atoms with Crippen LogP contribution < -0.4 is 80.4 Å². The fourth-order valence-electron chi connectivity index (χ4n) is 10.1. The van der Waals surface area contributed by atoms with Gasteiger partial charge < -0.3 is 118 Å². The maximum atomic E-state index is 11.4. The summed E-state index contributed by atoms with van der Waals surface area (Å²) in [5.74, 6) is -2.07. The molecule has 16 rings (SSSR count). The third-order valence-corrected chi connectivity index (χ3v) is 14.9. The average molecular weight is 1830 g/mol. The summed E-state index contributed by atoms with van der Waals surface area (Å²) < 4.78 is 544. The first kappa shape index (κ1) is 43.7. The van der Waals surface area contributed by atoms with Crippen molar-refractivity contribution in [2.45, 2.75) is 159 Å². The van der Waals surface area contributed by atoms with Crippen molar-refractivity contribution in [3.05, 3.63) is 234 Å². The molecule has 8 amide bonds. The second kappa shape index (κ2) is 49.3. The molecule has 0 aliphatic carbocycles. The maximum Gasteiger partial charge on any atom is 0.407 e. The molecular formula is C96H120N8O24. The average Bonchev–Trinajstić information content (AvgIpc) is 1.59. The van der Waals surface area contributed by atoms with Crippen molar-refractivity contribution in [3.8, 4) is 46.0 Å². The molecule has 0 aromatic heterocycles. The van der Waals surface area contributed by atoms with Crippen LogP contribution in [0.3, 0.4) is 0 Å². The topological polar surface area (TPSA) is 380 Å². The number of carbonyl (C=O) groups is 8. The standard InChI is InChI=1S/8C12H15NO3/c8*1-8-3-9(2)5-10(4-8)15-7-11-6-13-12(14)16-11/h8*3-5,11H,6-7H2,1-2H3,(H,13,14)/i1D3,2D3,3D,4D,5D,7D2,11D;1D3,2D3,3D,4D,5D,11D;3D,4D,5D,7D2,11D;3D,4D,5D,11D;1D3,2D3,7D2,11D;1D3,2D3,11D;7D2,11D;6D2/hD8. The van der Waals surface area contributed by atoms with Crippen molar-refractivity contribution >= 4 is 48.7 Å². The number of ether oxygens (including phenoxy) is 16. The molecule has 0 saturated carbocycles. The summed E-state index contributed by atoms with van der Waals surface area (Å²) in [6, 6.07) is 10.1. The van der Waals surface area contributed by atoms with Gasteiger partial charge in [0.25, 0.3) is 0 Å². The molecule has 0 bridgehead atoms. The zero-order chi connectivity index (χ0) is 145. The van der Waals surface area contributed by atoms with E-state index in [2.05, 4.69) is 23.7 Å². The maximum absolute atomic E-state index is 11.4. The van der Waals surface area contributed by atoms with Crippen LogP contribution in [0, 0.1) is 110 Å². The highest BCUT2D eigenvalue weighted by Crippen LogP contribution is 2.25. The first-order valence-electron chi connectivity index (χ1n) is 67.0. The van der Waals surface area contributed by atoms with Gasteiger partial charge in [0.1, 0.15) is 98.7 Å². The summed E-state index contributed by atoms with van der Waals surface area (Å²) >= 11 is 0. The number of rotatable bonds is 24. The van der Waals surface area contributed by atoms with Gasteiger partial charge in [0, 0.05) is 32.9 Å². The monoisotopic (exact) mass is 1830 g/mol. The van der Waals surface area contributed by atoms with Crippen molar-refractivity contribution in [2.24, 2.45) is 0 Å². The second-order valence-electron chi connectivity index (χ2n) is 26.2. The number of hydrogen-bond acceptors (Lipinski definition) is 24. The number of aryl methyl sites for hydroxylation is 8. The zero-order valence-electron chi connectivity index (χ0n) is 130. The Morgan fingerprint density at radius 3 is 0.719 bits per heavy atom. The molecule has 8 aliphatic rings. The Morgan fingerprint density at radius 2 is 0.469 bits per heavy atom. The normalized spacial score (nSPS) is 32.3. The van der Waals surface area contributed by atoms with Gasteiger partial charge in [-0.3, -0.25) is 0 Å². The van der Waals surface area contributed by atoms with Crippen LogP contribution in [-0.2, 0) is 37.9 Å². The first-order chi connectivity index (χ1) is 85.3. The molecule has 8 heterocycles. The van der Waals surface area contributed by atoms with Crippen molar-refractivity contribution < 1.29 is 198 Å². The molecule has 128 heavy (non-hydrogen) atoms. The zero-order valence-corrected chi connectivity index (χ0v) is 68.7. The van der Waals surface area contributed by atoms with E-state index in [1.165, 1.54) is 13.8 Å². The quantitative estimate of drug-likeness (QED) is 0.0260. The van der Waals surface area contributed by atoms with E-state index in [0.717, 1.165) is 58.7 Å². The highest BCUT2D eigenvalue weighted by molar-refractivity contribution is 5.72. The van der Waals surface area contributed by atoms with Gasteiger partial charge in [0.2, 0.25) is 0 Å². The van der Waals surface area contributed by atoms with Crippen molar-refractivity contribution in [1.29, 1.82) is 0 Å². The van der Waals surface area contributed by atoms with Crippen LogP contribution in [0.25, 0.3) is 0 Å². The van der Waals surface area contributed by atoms with Gasteiger partial charge in [-0.25, -0.2) is 38.4 Å². The van der Waals surface area contributed by atoms with Gasteiger partial charge in [-0.15, -0.1) is 0 Å². The summed E-state index contributed by atoms with van der Waals surface area (Å²) in [5.41, 5.74) is -0.144. The van der Waals surface area contributed by atoms with Crippen molar-refractivity contribution in [3.63, 3.8) is 0 Å². The molecule has 8 unspecified atom stereocenters. The minimum absolute atomic E-state index is 0.0156. The van der Waals surface area contributed by atoms with E-state index in [9.17, 15) is 38.4 Å². The molecule has 8 atom stereocenters. The smallest absolute Gasteiger partial charge is 0.407 e. The van der Waals surface area contributed by atoms with Crippen LogP contribution in [0.4, 0.5) is 38.4 Å². The molecule has 8 aromatic rings. The predicted octanol–water partition coefficient (Wildman–Crippen LogP) is 14.3. The molecule has 32 nitrogen and oxygen atoms in total. The van der Waals surface area contributed by atoms with Crippen molar-refractivity contribution in [1.82, 2.24) is 42.5 Å². The lowest BCUT2D eigenvalue weighted by molar-refractivity contribution is 0.104. The van der Waals surface area contributed by atoms with E-state index in [-0.39, 0.29) is 129 Å². The molecular weight excluding hydrogens is 1650 g/mol. The Bertz CT molecular complexity index is 7820. The summed E-state index contributed by atoms with van der Waals surface area (Å²) in [6.45, 7) is -28.9. The van der Waals surface area contributed by atoms with Crippen LogP contribution in [0.5, 0.6) is 46.0 Å². The lowest BCUT2D eigenvalue weighted by atomic mass is 10.1. The Kier molecular flexibility index (Phi) is 16.8. The third kappa shape index (κ3) is 36.9. The van der Waals surface area contributed by atoms with E-state index < -0.39 is 312 Å². The number of benzene rings is 8. The second-order valence-corrected chi connectivity index (χ2v) is 26.2. The highest BCUT2D eigenvalue weighted by atomic mass is 16.6. The van der Waals surface area contributed by atoms with Gasteiger partial charge in [-0.2, -0.15) is 0 Å². The Labute approximate surface area is 833 Å². The van der Waals surface area contributed by atoms with Gasteiger partial charge in [-0.05, 0) is 296 Å². The Hall–Kier alpha value is -13.7. The Balaban J connectivity index is 0.000000235. The first-order valence-corrected chi connectivity index (χ1v) is 36.9. The number of cyclic esters (lactones) is 8. The predicted molar refractivity (Wildman–Crippen MR) is 477 cm³/mol. The fourth-order valence-corrected chi connectivity index (χ4v) is 10.1. The van der Waals surface area contributed by atoms with Gasteiger partial charge in [-0.1, -0.05) is 48.4 Å². The summed E-state index contributed by atoms with van der Waals surface area (Å²) in [4.78, 5) is 89.7. The number of hydrogen-bond donors (Lipinski definition) is 8. The summed E-state index contributed by atoms with van der Waals surface area (Å²) in [6.07, 6.45) is -25.8. The lowest BCUT2D eigenvalue weighted by Crippen LogP contribution is -2.21. The van der Waals surface area contributed by atoms with Gasteiger partial charge >= 0.3 is 48.7 Å². The molecule has 8 N–H and O–H groups in total. The van der Waals surface area contributed by atoms with E-state index in [1.54, 1.807) is 26.0 Å². The van der Waals surface area contributed by atoms with Crippen molar-refractivity contribution in [2.75, 3.05) is 105 Å². The molecule has 8 saturated heterocycles. The molecule has 8 fully saturated rings. The molecule has 32 heteroatoms. The fraction of sp³-hybridized carbons (Fsp3) is 0.417. The van der Waals surface area contributed by atoms with E-state index in [4.69, 9.17) is 136 Å². The summed E-state index contributed by atoms with van der Waals surface area (Å²) in [7, 11) is 0. The minimum atomic E-state index is -3.31. The molecule has 8 aromatic carbocycles. The van der Waals surface area contributed by atoms with Crippen LogP contribution in [0.15, 0.2) is 145 Å². The van der Waals surface area contributed by atoms with Crippen LogP contribution >= 0.6 is 0 Å². The van der Waals surface area contributed by atoms with Crippen LogP contribution in [0.1, 0.15) is 162 Å². The largest absolute Gasteiger partial charge is 0.490 e. The molecule has 0 radical (unpaired) electrons. The molecule has 8 aliphatic heterocycles. The Morgan fingerprint density at radius 1 is 0.266 bits per heavy atom. The SMILES string of the molecule is [2H]N1C(=O)OC(COc2cc(C)cc(C)c2)C1([2H])[2H].[2H]N1CC([2H])(C([2H])([2H])Oc2cc(C([2H])([2H])[2H])cc(C([2H])([2H])[2H])c2)OC1=O.[2H]N1CC([2H])(C([2H])([2H])Oc2cc(C)cc(C)c2)OC1=O.[2H]N1CC([2H])(COc2cc(C([2H])([2H])[2H])cc(C([2H])([2H])[2H])c2)OC1=O.[2H]c1c(C)c([2H])c(OC([2H])([2H])C2([2H])CN([2H])C(=O)O2)c([2H])c1C.[2H]c1c(C)c([2H])c(OCC2([2H])CN([2H])C(=O)O2)c([2H])c1C.[2H]c1c(OC([2H])([2H])C2([2H])CN([2H])C(=O)O2)c([2H])c(C([2H])([2H])[2H])c([2H])c1C([2H])([2H])[2H].[2H]c1c(OCC2([2H])CN([2H])C(=O)O2)c([2H])c(C([2H])([2H])[2H])c([2H])c1C([2H])([2H])[2H]. The lowest BCUT2D eigenvalue weighted by Gasteiger charge is -2.11. The van der Waals surface area contributed by atoms with E-state index in [0.29, 0.717) is 43.4 Å². The van der Waals surface area contributed by atoms with E-state index >= 15 is 0 Å². The highest BCUT2D eigenvalue weighted by Gasteiger charge is 2.30. The number of amides is 8. The third-order valence-electron chi connectivity index (χ3n) is 14.9. The van der Waals surface area contributed by atoms with Gasteiger partial charge in [0.15, 0.2) is 60.0 Å². The molecule has 688 valence electrons. The van der Waals surface area contributed by atoms with Crippen LogP contribution in [0.2, 0.25) is 11.3 Å². The molecule has 0 spiro atoms. The number of carbonyl (C=O) groups excluding carboxylic acids is 8. The number of alkyl carbamates (subject to hydrolysis) is 8. The van der Waals surface area contributed by atoms with Crippen LogP contribution in [-0.4, -0.2) is 202 Å². The minimum Gasteiger partial charge on any atom is -0.490 e. The number of nitrogens with one attached hydrogen (secondary N) is 8. The van der Waals surface area contributed by atoms with Gasteiger partial charge in [0.05, 0.1) is 92.1 Å². The van der Waals surface area contributed by atoms with E-state index in [1.807, 2.05) is 52.0 Å².